The molecular formula is C14H24O5. The number of aliphatic carboxylic acids is 1. The van der Waals surface area contributed by atoms with E-state index in [0.717, 1.165) is 18.9 Å². The fraction of sp³-hybridized carbons (Fsp3) is 0.714. The average molecular weight is 272 g/mol. The molecule has 0 rings (SSSR count). The fourth-order valence-electron chi connectivity index (χ4n) is 1.61. The summed E-state index contributed by atoms with van der Waals surface area (Å²) in [5, 5.41) is 17.9. The van der Waals surface area contributed by atoms with Gasteiger partial charge in [0.1, 0.15) is 6.61 Å². The lowest BCUT2D eigenvalue weighted by Gasteiger charge is -2.10. The first-order chi connectivity index (χ1) is 9.06. The molecule has 0 fully saturated rings. The number of hydrogen-bond acceptors (Lipinski definition) is 4. The van der Waals surface area contributed by atoms with Crippen molar-refractivity contribution >= 4 is 11.9 Å². The summed E-state index contributed by atoms with van der Waals surface area (Å²) in [5.74, 6) is -1.95. The van der Waals surface area contributed by atoms with Crippen molar-refractivity contribution in [3.05, 3.63) is 12.2 Å². The minimum absolute atomic E-state index is 0.0856. The Bertz CT molecular complexity index is 286. The molecule has 0 aliphatic heterocycles. The number of carbonyl (C=O) groups excluding carboxylic acids is 1. The standard InChI is InChI=1S/C14H24O5/c1-2-3-4-5-6-7-8-12(15)11-19-14(18)10-9-13(16)17/h9-10,12,15H,2-8,11H2,1H3,(H,16,17). The van der Waals surface area contributed by atoms with Crippen LogP contribution in [0.5, 0.6) is 0 Å². The lowest BCUT2D eigenvalue weighted by atomic mass is 10.1. The van der Waals surface area contributed by atoms with Gasteiger partial charge >= 0.3 is 11.9 Å². The van der Waals surface area contributed by atoms with E-state index in [4.69, 9.17) is 9.84 Å². The Balaban J connectivity index is 3.51. The van der Waals surface area contributed by atoms with E-state index in [1.807, 2.05) is 0 Å². The smallest absolute Gasteiger partial charge is 0.331 e. The number of carbonyl (C=O) groups is 2. The van der Waals surface area contributed by atoms with Crippen LogP contribution < -0.4 is 0 Å². The van der Waals surface area contributed by atoms with E-state index >= 15 is 0 Å². The molecule has 0 aliphatic rings. The monoisotopic (exact) mass is 272 g/mol. The Morgan fingerprint density at radius 2 is 1.74 bits per heavy atom. The molecule has 1 atom stereocenters. The Morgan fingerprint density at radius 1 is 1.11 bits per heavy atom. The summed E-state index contributed by atoms with van der Waals surface area (Å²) in [4.78, 5) is 21.2. The maximum atomic E-state index is 11.0. The van der Waals surface area contributed by atoms with Gasteiger partial charge in [-0.2, -0.15) is 0 Å². The summed E-state index contributed by atoms with van der Waals surface area (Å²) in [5.41, 5.74) is 0. The molecule has 0 spiro atoms. The number of esters is 1. The molecule has 5 nitrogen and oxygen atoms in total. The minimum Gasteiger partial charge on any atom is -0.478 e. The van der Waals surface area contributed by atoms with E-state index < -0.39 is 18.0 Å². The van der Waals surface area contributed by atoms with Crippen molar-refractivity contribution in [1.29, 1.82) is 0 Å². The lowest BCUT2D eigenvalue weighted by Crippen LogP contribution is -2.17. The fourth-order valence-corrected chi connectivity index (χ4v) is 1.61. The van der Waals surface area contributed by atoms with Crippen LogP contribution in [0.3, 0.4) is 0 Å². The largest absolute Gasteiger partial charge is 0.478 e. The van der Waals surface area contributed by atoms with Crippen LogP contribution in [0.25, 0.3) is 0 Å². The Hall–Kier alpha value is -1.36. The number of ether oxygens (including phenoxy) is 1. The second-order valence-electron chi connectivity index (χ2n) is 4.51. The highest BCUT2D eigenvalue weighted by molar-refractivity contribution is 5.90. The van der Waals surface area contributed by atoms with Gasteiger partial charge in [0.15, 0.2) is 0 Å². The van der Waals surface area contributed by atoms with E-state index in [2.05, 4.69) is 6.92 Å². The normalized spacial score (nSPS) is 12.5. The summed E-state index contributed by atoms with van der Waals surface area (Å²) in [6.07, 6.45) is 8.30. The van der Waals surface area contributed by atoms with Gasteiger partial charge in [0, 0.05) is 12.2 Å². The Morgan fingerprint density at radius 3 is 2.37 bits per heavy atom. The van der Waals surface area contributed by atoms with E-state index in [1.165, 1.54) is 25.7 Å². The van der Waals surface area contributed by atoms with Crippen LogP contribution in [0.4, 0.5) is 0 Å². The van der Waals surface area contributed by atoms with Gasteiger partial charge in [0.25, 0.3) is 0 Å². The van der Waals surface area contributed by atoms with Gasteiger partial charge in [0.05, 0.1) is 6.10 Å². The number of aliphatic hydroxyl groups excluding tert-OH is 1. The van der Waals surface area contributed by atoms with Crippen molar-refractivity contribution in [1.82, 2.24) is 0 Å². The van der Waals surface area contributed by atoms with E-state index in [9.17, 15) is 14.7 Å². The molecule has 0 aromatic heterocycles. The molecule has 0 aromatic rings. The second kappa shape index (κ2) is 11.7. The number of rotatable bonds is 11. The zero-order valence-corrected chi connectivity index (χ0v) is 11.5. The van der Waals surface area contributed by atoms with Crippen LogP contribution in [0.15, 0.2) is 12.2 Å². The van der Waals surface area contributed by atoms with Gasteiger partial charge in [0.2, 0.25) is 0 Å². The van der Waals surface area contributed by atoms with Crippen LogP contribution in [0.1, 0.15) is 51.9 Å². The third kappa shape index (κ3) is 12.9. The maximum Gasteiger partial charge on any atom is 0.331 e. The summed E-state index contributed by atoms with van der Waals surface area (Å²) < 4.78 is 4.71. The molecule has 0 radical (unpaired) electrons. The molecular weight excluding hydrogens is 248 g/mol. The molecule has 0 bridgehead atoms. The predicted molar refractivity (Wildman–Crippen MR) is 71.7 cm³/mol. The molecule has 1 unspecified atom stereocenters. The van der Waals surface area contributed by atoms with Gasteiger partial charge in [-0.1, -0.05) is 45.4 Å². The molecule has 19 heavy (non-hydrogen) atoms. The van der Waals surface area contributed by atoms with Gasteiger partial charge in [-0.3, -0.25) is 0 Å². The number of hydrogen-bond donors (Lipinski definition) is 2. The number of aliphatic hydroxyl groups is 1. The first-order valence-corrected chi connectivity index (χ1v) is 6.82. The van der Waals surface area contributed by atoms with E-state index in [-0.39, 0.29) is 6.61 Å². The van der Waals surface area contributed by atoms with Crippen molar-refractivity contribution in [2.24, 2.45) is 0 Å². The molecule has 0 aromatic carbocycles. The van der Waals surface area contributed by atoms with Crippen LogP contribution in [-0.4, -0.2) is 34.9 Å². The molecule has 0 amide bonds. The summed E-state index contributed by atoms with van der Waals surface area (Å²) >= 11 is 0. The van der Waals surface area contributed by atoms with Gasteiger partial charge in [-0.25, -0.2) is 9.59 Å². The molecule has 5 heteroatoms. The zero-order chi connectivity index (χ0) is 14.5. The molecule has 2 N–H and O–H groups in total. The molecule has 0 saturated heterocycles. The Labute approximate surface area is 114 Å². The van der Waals surface area contributed by atoms with Gasteiger partial charge in [-0.15, -0.1) is 0 Å². The number of carboxylic acid groups (broad SMARTS) is 1. The average Bonchev–Trinajstić information content (AvgIpc) is 2.38. The number of unbranched alkanes of at least 4 members (excludes halogenated alkanes) is 5. The maximum absolute atomic E-state index is 11.0. The first kappa shape index (κ1) is 17.6. The third-order valence-electron chi connectivity index (χ3n) is 2.67. The van der Waals surface area contributed by atoms with Gasteiger partial charge in [-0.05, 0) is 6.42 Å². The Kier molecular flexibility index (Phi) is 10.9. The molecule has 110 valence electrons. The summed E-state index contributed by atoms with van der Waals surface area (Å²) in [6.45, 7) is 2.08. The van der Waals surface area contributed by atoms with Crippen molar-refractivity contribution < 1.29 is 24.5 Å². The van der Waals surface area contributed by atoms with E-state index in [0.29, 0.717) is 12.5 Å². The topological polar surface area (TPSA) is 83.8 Å². The van der Waals surface area contributed by atoms with Crippen LogP contribution in [0, 0.1) is 0 Å². The summed E-state index contributed by atoms with van der Waals surface area (Å²) in [7, 11) is 0. The minimum atomic E-state index is -1.20. The first-order valence-electron chi connectivity index (χ1n) is 6.82. The highest BCUT2D eigenvalue weighted by Gasteiger charge is 2.07. The highest BCUT2D eigenvalue weighted by Crippen LogP contribution is 2.08. The van der Waals surface area contributed by atoms with E-state index in [1.54, 1.807) is 0 Å². The van der Waals surface area contributed by atoms with Crippen molar-refractivity contribution in [2.75, 3.05) is 6.61 Å². The van der Waals surface area contributed by atoms with Crippen LogP contribution in [-0.2, 0) is 14.3 Å². The van der Waals surface area contributed by atoms with Crippen molar-refractivity contribution in [2.45, 2.75) is 58.0 Å². The molecule has 0 aliphatic carbocycles. The second-order valence-corrected chi connectivity index (χ2v) is 4.51. The summed E-state index contributed by atoms with van der Waals surface area (Å²) in [6, 6.07) is 0. The highest BCUT2D eigenvalue weighted by atomic mass is 16.5. The van der Waals surface area contributed by atoms with Crippen molar-refractivity contribution in [3.8, 4) is 0 Å². The van der Waals surface area contributed by atoms with Crippen molar-refractivity contribution in [3.63, 3.8) is 0 Å². The van der Waals surface area contributed by atoms with Crippen LogP contribution >= 0.6 is 0 Å². The van der Waals surface area contributed by atoms with Gasteiger partial charge < -0.3 is 14.9 Å². The lowest BCUT2D eigenvalue weighted by molar-refractivity contribution is -0.141. The molecule has 0 saturated carbocycles. The third-order valence-corrected chi connectivity index (χ3v) is 2.67. The number of carboxylic acids is 1. The quantitative estimate of drug-likeness (QED) is 0.342. The zero-order valence-electron chi connectivity index (χ0n) is 11.5. The molecule has 0 heterocycles. The SMILES string of the molecule is CCCCCCCCC(O)COC(=O)C=CC(=O)O. The predicted octanol–water partition coefficient (Wildman–Crippen LogP) is 2.28. The van der Waals surface area contributed by atoms with Crippen LogP contribution in [0.2, 0.25) is 0 Å².